The Morgan fingerprint density at radius 3 is 3.07 bits per heavy atom. The highest BCUT2D eigenvalue weighted by Gasteiger charge is 1.94. The van der Waals surface area contributed by atoms with E-state index < -0.39 is 0 Å². The van der Waals surface area contributed by atoms with Gasteiger partial charge in [0.1, 0.15) is 0 Å². The SMILES string of the molecule is O/C=C/Cc1ccc2ncccc2c1. The molecule has 1 aromatic carbocycles. The van der Waals surface area contributed by atoms with Crippen LogP contribution in [0.2, 0.25) is 0 Å². The monoisotopic (exact) mass is 185 g/mol. The van der Waals surface area contributed by atoms with Gasteiger partial charge in [0, 0.05) is 11.6 Å². The molecule has 1 heterocycles. The summed E-state index contributed by atoms with van der Waals surface area (Å²) in [7, 11) is 0. The number of pyridine rings is 1. The van der Waals surface area contributed by atoms with Gasteiger partial charge in [-0.3, -0.25) is 4.98 Å². The third-order valence-electron chi connectivity index (χ3n) is 2.13. The zero-order valence-corrected chi connectivity index (χ0v) is 7.72. The van der Waals surface area contributed by atoms with E-state index >= 15 is 0 Å². The van der Waals surface area contributed by atoms with Crippen LogP contribution in [-0.2, 0) is 6.42 Å². The van der Waals surface area contributed by atoms with Crippen LogP contribution in [0.25, 0.3) is 10.9 Å². The van der Waals surface area contributed by atoms with Gasteiger partial charge >= 0.3 is 0 Å². The summed E-state index contributed by atoms with van der Waals surface area (Å²) >= 11 is 0. The highest BCUT2D eigenvalue weighted by molar-refractivity contribution is 5.78. The Bertz CT molecular complexity index is 463. The number of aliphatic hydroxyl groups excluding tert-OH is 1. The van der Waals surface area contributed by atoms with Crippen LogP contribution in [0.5, 0.6) is 0 Å². The summed E-state index contributed by atoms with van der Waals surface area (Å²) in [4.78, 5) is 4.24. The number of fused-ring (bicyclic) bond motifs is 1. The molecular formula is C12H11NO. The molecule has 2 nitrogen and oxygen atoms in total. The lowest BCUT2D eigenvalue weighted by Gasteiger charge is -1.99. The lowest BCUT2D eigenvalue weighted by molar-refractivity contribution is 0.471. The van der Waals surface area contributed by atoms with E-state index in [1.807, 2.05) is 24.3 Å². The molecule has 0 fully saturated rings. The molecule has 0 radical (unpaired) electrons. The first kappa shape index (κ1) is 8.75. The van der Waals surface area contributed by atoms with Crippen molar-refractivity contribution in [2.24, 2.45) is 0 Å². The smallest absolute Gasteiger partial charge is 0.0755 e. The first-order valence-electron chi connectivity index (χ1n) is 4.53. The third-order valence-corrected chi connectivity index (χ3v) is 2.13. The lowest BCUT2D eigenvalue weighted by Crippen LogP contribution is -1.83. The molecule has 0 aliphatic carbocycles. The lowest BCUT2D eigenvalue weighted by atomic mass is 10.1. The topological polar surface area (TPSA) is 33.1 Å². The van der Waals surface area contributed by atoms with Crippen LogP contribution in [0.3, 0.4) is 0 Å². The van der Waals surface area contributed by atoms with Gasteiger partial charge in [-0.05, 0) is 36.3 Å². The molecule has 0 amide bonds. The number of benzene rings is 1. The van der Waals surface area contributed by atoms with Gasteiger partial charge in [0.25, 0.3) is 0 Å². The van der Waals surface area contributed by atoms with Crippen LogP contribution >= 0.6 is 0 Å². The van der Waals surface area contributed by atoms with Crippen molar-refractivity contribution < 1.29 is 5.11 Å². The number of hydrogen-bond donors (Lipinski definition) is 1. The molecular weight excluding hydrogens is 174 g/mol. The minimum absolute atomic E-state index is 0.751. The van der Waals surface area contributed by atoms with Crippen LogP contribution in [-0.4, -0.2) is 10.1 Å². The van der Waals surface area contributed by atoms with Crippen molar-refractivity contribution in [1.82, 2.24) is 4.98 Å². The first-order valence-corrected chi connectivity index (χ1v) is 4.53. The predicted octanol–water partition coefficient (Wildman–Crippen LogP) is 2.85. The number of allylic oxidation sites excluding steroid dienone is 1. The quantitative estimate of drug-likeness (QED) is 0.730. The van der Waals surface area contributed by atoms with Crippen molar-refractivity contribution in [2.45, 2.75) is 6.42 Å². The number of aromatic nitrogens is 1. The fourth-order valence-corrected chi connectivity index (χ4v) is 1.44. The average Bonchev–Trinajstić information content (AvgIpc) is 2.26. The van der Waals surface area contributed by atoms with Crippen molar-refractivity contribution in [1.29, 1.82) is 0 Å². The Labute approximate surface area is 82.5 Å². The maximum absolute atomic E-state index is 8.55. The van der Waals surface area contributed by atoms with Crippen molar-refractivity contribution >= 4 is 10.9 Å². The normalized spacial score (nSPS) is 11.1. The Hall–Kier alpha value is -1.83. The molecule has 14 heavy (non-hydrogen) atoms. The van der Waals surface area contributed by atoms with Crippen LogP contribution in [0.4, 0.5) is 0 Å². The summed E-state index contributed by atoms with van der Waals surface area (Å²) in [6, 6.07) is 10.1. The van der Waals surface area contributed by atoms with E-state index in [9.17, 15) is 0 Å². The second-order valence-corrected chi connectivity index (χ2v) is 3.12. The van der Waals surface area contributed by atoms with E-state index in [0.29, 0.717) is 0 Å². The van der Waals surface area contributed by atoms with Crippen molar-refractivity contribution in [3.63, 3.8) is 0 Å². The zero-order chi connectivity index (χ0) is 9.80. The van der Waals surface area contributed by atoms with Crippen LogP contribution < -0.4 is 0 Å². The van der Waals surface area contributed by atoms with Gasteiger partial charge in [-0.15, -0.1) is 0 Å². The number of hydrogen-bond acceptors (Lipinski definition) is 2. The van der Waals surface area contributed by atoms with E-state index in [-0.39, 0.29) is 0 Å². The molecule has 2 aromatic rings. The Balaban J connectivity index is 2.41. The molecule has 2 rings (SSSR count). The molecule has 0 bridgehead atoms. The second kappa shape index (κ2) is 3.92. The molecule has 0 saturated heterocycles. The summed E-state index contributed by atoms with van der Waals surface area (Å²) in [5, 5.41) is 9.68. The maximum Gasteiger partial charge on any atom is 0.0755 e. The Kier molecular flexibility index (Phi) is 2.45. The Morgan fingerprint density at radius 1 is 1.29 bits per heavy atom. The molecule has 2 heteroatoms. The van der Waals surface area contributed by atoms with Crippen molar-refractivity contribution in [3.8, 4) is 0 Å². The van der Waals surface area contributed by atoms with Gasteiger partial charge in [0.2, 0.25) is 0 Å². The molecule has 1 N–H and O–H groups in total. The average molecular weight is 185 g/mol. The summed E-state index contributed by atoms with van der Waals surface area (Å²) in [6.45, 7) is 0. The van der Waals surface area contributed by atoms with Crippen LogP contribution in [0.15, 0.2) is 48.9 Å². The fraction of sp³-hybridized carbons (Fsp3) is 0.0833. The van der Waals surface area contributed by atoms with E-state index in [0.717, 1.165) is 23.6 Å². The van der Waals surface area contributed by atoms with Gasteiger partial charge in [-0.2, -0.15) is 0 Å². The molecule has 0 aliphatic heterocycles. The van der Waals surface area contributed by atoms with Crippen molar-refractivity contribution in [2.75, 3.05) is 0 Å². The Morgan fingerprint density at radius 2 is 2.21 bits per heavy atom. The molecule has 70 valence electrons. The third kappa shape index (κ3) is 1.74. The highest BCUT2D eigenvalue weighted by atomic mass is 16.2. The molecule has 0 aliphatic rings. The minimum Gasteiger partial charge on any atom is -0.516 e. The molecule has 0 unspecified atom stereocenters. The predicted molar refractivity (Wildman–Crippen MR) is 57.2 cm³/mol. The zero-order valence-electron chi connectivity index (χ0n) is 7.72. The molecule has 0 spiro atoms. The summed E-state index contributed by atoms with van der Waals surface area (Å²) in [5.41, 5.74) is 2.18. The maximum atomic E-state index is 8.55. The first-order chi connectivity index (χ1) is 6.90. The summed E-state index contributed by atoms with van der Waals surface area (Å²) in [5.74, 6) is 0. The van der Waals surface area contributed by atoms with E-state index in [2.05, 4.69) is 11.1 Å². The molecule has 0 saturated carbocycles. The molecule has 1 aromatic heterocycles. The van der Waals surface area contributed by atoms with E-state index in [1.165, 1.54) is 5.56 Å². The van der Waals surface area contributed by atoms with Crippen LogP contribution in [0.1, 0.15) is 5.56 Å². The summed E-state index contributed by atoms with van der Waals surface area (Å²) in [6.07, 6.45) is 5.34. The second-order valence-electron chi connectivity index (χ2n) is 3.12. The van der Waals surface area contributed by atoms with E-state index in [1.54, 1.807) is 12.3 Å². The number of aliphatic hydroxyl groups is 1. The highest BCUT2D eigenvalue weighted by Crippen LogP contribution is 2.13. The van der Waals surface area contributed by atoms with Gasteiger partial charge in [0.05, 0.1) is 11.8 Å². The fourth-order valence-electron chi connectivity index (χ4n) is 1.44. The summed E-state index contributed by atoms with van der Waals surface area (Å²) < 4.78 is 0. The van der Waals surface area contributed by atoms with Gasteiger partial charge in [0.15, 0.2) is 0 Å². The van der Waals surface area contributed by atoms with Crippen LogP contribution in [0, 0.1) is 0 Å². The van der Waals surface area contributed by atoms with Gasteiger partial charge in [-0.25, -0.2) is 0 Å². The largest absolute Gasteiger partial charge is 0.516 e. The number of rotatable bonds is 2. The standard InChI is InChI=1S/C12H11NO/c14-8-2-3-10-5-6-12-11(9-10)4-1-7-13-12/h1-2,4-9,14H,3H2/b8-2+. The number of nitrogens with zero attached hydrogens (tertiary/aromatic N) is 1. The van der Waals surface area contributed by atoms with Gasteiger partial charge in [-0.1, -0.05) is 12.1 Å². The molecule has 0 atom stereocenters. The van der Waals surface area contributed by atoms with E-state index in [4.69, 9.17) is 5.11 Å². The van der Waals surface area contributed by atoms with Gasteiger partial charge < -0.3 is 5.11 Å². The van der Waals surface area contributed by atoms with Crippen molar-refractivity contribution in [3.05, 3.63) is 54.4 Å². The minimum atomic E-state index is 0.751.